The summed E-state index contributed by atoms with van der Waals surface area (Å²) in [5, 5.41) is 16.4. The van der Waals surface area contributed by atoms with Gasteiger partial charge in [-0.1, -0.05) is 15.0 Å². The monoisotopic (exact) mass is 447 g/mol. The molecule has 0 unspecified atom stereocenters. The molecule has 3 heterocycles. The molecule has 3 rings (SSSR count). The predicted molar refractivity (Wildman–Crippen MR) is 106 cm³/mol. The van der Waals surface area contributed by atoms with Gasteiger partial charge in [-0.25, -0.2) is 14.6 Å². The van der Waals surface area contributed by atoms with Crippen molar-refractivity contribution in [1.82, 2.24) is 34.8 Å². The van der Waals surface area contributed by atoms with Crippen LogP contribution in [0.2, 0.25) is 0 Å². The molecule has 3 aromatic rings. The van der Waals surface area contributed by atoms with E-state index < -0.39 is 23.9 Å². The first-order valence-electron chi connectivity index (χ1n) is 8.13. The van der Waals surface area contributed by atoms with E-state index in [0.717, 1.165) is 23.1 Å². The predicted octanol–water partition coefficient (Wildman–Crippen LogP) is 1.33. The number of rotatable bonds is 4. The third-order valence-electron chi connectivity index (χ3n) is 3.40. The average molecular weight is 447 g/mol. The van der Waals surface area contributed by atoms with E-state index in [0.29, 0.717) is 11.4 Å². The molecule has 0 bridgehead atoms. The smallest absolute Gasteiger partial charge is 0.292 e. The highest BCUT2D eigenvalue weighted by Gasteiger charge is 2.18. The maximum atomic E-state index is 12.0. The highest BCUT2D eigenvalue weighted by Crippen LogP contribution is 2.12. The zero-order valence-electron chi connectivity index (χ0n) is 15.4. The van der Waals surface area contributed by atoms with Gasteiger partial charge in [0.15, 0.2) is 0 Å². The van der Waals surface area contributed by atoms with E-state index in [1.807, 2.05) is 0 Å². The number of anilines is 2. The van der Waals surface area contributed by atoms with Crippen LogP contribution >= 0.6 is 23.1 Å². The Morgan fingerprint density at radius 2 is 1.20 bits per heavy atom. The first-order valence-corrected chi connectivity index (χ1v) is 9.68. The maximum absolute atomic E-state index is 12.0. The van der Waals surface area contributed by atoms with Crippen LogP contribution in [0, 0.1) is 13.8 Å². The summed E-state index contributed by atoms with van der Waals surface area (Å²) in [7, 11) is 0. The van der Waals surface area contributed by atoms with Crippen molar-refractivity contribution in [3.63, 3.8) is 0 Å². The fraction of sp³-hybridized carbons (Fsp3) is 0.133. The van der Waals surface area contributed by atoms with E-state index in [1.54, 1.807) is 13.8 Å². The van der Waals surface area contributed by atoms with Crippen molar-refractivity contribution >= 4 is 58.6 Å². The number of pyridine rings is 1. The van der Waals surface area contributed by atoms with E-state index in [1.165, 1.54) is 18.2 Å². The highest BCUT2D eigenvalue weighted by molar-refractivity contribution is 7.08. The zero-order chi connectivity index (χ0) is 21.7. The van der Waals surface area contributed by atoms with Crippen molar-refractivity contribution in [3.05, 3.63) is 39.3 Å². The van der Waals surface area contributed by atoms with E-state index in [-0.39, 0.29) is 21.4 Å². The number of amides is 6. The number of carbonyl (C=O) groups is 4. The molecule has 0 aliphatic rings. The second-order valence-corrected chi connectivity index (χ2v) is 7.11. The lowest BCUT2D eigenvalue weighted by Gasteiger charge is -2.08. The van der Waals surface area contributed by atoms with Gasteiger partial charge in [-0.05, 0) is 49.0 Å². The molecule has 154 valence electrons. The molecule has 0 fully saturated rings. The van der Waals surface area contributed by atoms with Crippen LogP contribution in [-0.4, -0.2) is 48.0 Å². The topological polar surface area (TPSA) is 181 Å². The Labute approximate surface area is 176 Å². The van der Waals surface area contributed by atoms with Crippen molar-refractivity contribution in [2.75, 3.05) is 10.6 Å². The normalized spacial score (nSPS) is 10.2. The molecule has 30 heavy (non-hydrogen) atoms. The maximum Gasteiger partial charge on any atom is 0.327 e. The highest BCUT2D eigenvalue weighted by atomic mass is 32.1. The zero-order valence-corrected chi connectivity index (χ0v) is 17.1. The summed E-state index contributed by atoms with van der Waals surface area (Å²) in [6.07, 6.45) is 0. The lowest BCUT2D eigenvalue weighted by atomic mass is 10.4. The Bertz CT molecular complexity index is 1040. The van der Waals surface area contributed by atoms with E-state index >= 15 is 0 Å². The number of aromatic nitrogens is 5. The first-order chi connectivity index (χ1) is 14.3. The molecule has 0 radical (unpaired) electrons. The number of aryl methyl sites for hydroxylation is 2. The van der Waals surface area contributed by atoms with Gasteiger partial charge in [0.1, 0.15) is 21.4 Å². The number of hydrogen-bond donors (Lipinski definition) is 4. The summed E-state index contributed by atoms with van der Waals surface area (Å²) in [5.74, 6) is -1.18. The Hall–Kier alpha value is -3.85. The molecular formula is C15H13N9O4S2. The van der Waals surface area contributed by atoms with Gasteiger partial charge < -0.3 is 0 Å². The van der Waals surface area contributed by atoms with E-state index in [2.05, 4.69) is 45.4 Å². The van der Waals surface area contributed by atoms with Crippen molar-refractivity contribution in [2.45, 2.75) is 13.8 Å². The van der Waals surface area contributed by atoms with Crippen molar-refractivity contribution in [3.8, 4) is 0 Å². The van der Waals surface area contributed by atoms with E-state index in [4.69, 9.17) is 0 Å². The standard InChI is InChI=1S/C15H13N9O4S2/c1-6-10(29-23-21-6)12(25)19-14(27)17-8-4-3-5-9(16-8)18-15(28)20-13(26)11-7(2)22-24-30-11/h3-5H,1-2H3,(H4,16,17,18,19,20,25,26,27,28). The number of nitrogens with zero attached hydrogens (tertiary/aromatic N) is 5. The van der Waals surface area contributed by atoms with Crippen LogP contribution in [0.3, 0.4) is 0 Å². The van der Waals surface area contributed by atoms with Crippen molar-refractivity contribution in [2.24, 2.45) is 0 Å². The second-order valence-electron chi connectivity index (χ2n) is 5.60. The summed E-state index contributed by atoms with van der Waals surface area (Å²) in [4.78, 5) is 52.4. The van der Waals surface area contributed by atoms with Crippen LogP contribution < -0.4 is 21.3 Å². The average Bonchev–Trinajstić information content (AvgIpc) is 3.29. The van der Waals surface area contributed by atoms with Gasteiger partial charge in [-0.15, -0.1) is 10.2 Å². The van der Waals surface area contributed by atoms with Gasteiger partial charge in [0.2, 0.25) is 0 Å². The second kappa shape index (κ2) is 9.10. The van der Waals surface area contributed by atoms with Crippen molar-refractivity contribution in [1.29, 1.82) is 0 Å². The van der Waals surface area contributed by atoms with E-state index in [9.17, 15) is 19.2 Å². The number of carbonyl (C=O) groups excluding carboxylic acids is 4. The Morgan fingerprint density at radius 3 is 1.57 bits per heavy atom. The molecule has 15 heteroatoms. The summed E-state index contributed by atoms with van der Waals surface area (Å²) >= 11 is 1.72. The number of urea groups is 2. The Morgan fingerprint density at radius 1 is 0.767 bits per heavy atom. The number of hydrogen-bond acceptors (Lipinski definition) is 11. The molecule has 6 amide bonds. The number of nitrogens with one attached hydrogen (secondary N) is 4. The van der Waals surface area contributed by atoms with Crippen LogP contribution in [-0.2, 0) is 0 Å². The fourth-order valence-corrected chi connectivity index (χ4v) is 3.17. The van der Waals surface area contributed by atoms with Crippen molar-refractivity contribution < 1.29 is 19.2 Å². The van der Waals surface area contributed by atoms with Crippen LogP contribution in [0.15, 0.2) is 18.2 Å². The lowest BCUT2D eigenvalue weighted by molar-refractivity contribution is 0.0960. The van der Waals surface area contributed by atoms with Gasteiger partial charge >= 0.3 is 12.1 Å². The third-order valence-corrected chi connectivity index (χ3v) is 5.06. The van der Waals surface area contributed by atoms with Gasteiger partial charge in [0.05, 0.1) is 11.4 Å². The van der Waals surface area contributed by atoms with Gasteiger partial charge in [-0.3, -0.25) is 30.9 Å². The van der Waals surface area contributed by atoms with Crippen LogP contribution in [0.5, 0.6) is 0 Å². The molecule has 0 spiro atoms. The van der Waals surface area contributed by atoms with Crippen LogP contribution in [0.25, 0.3) is 0 Å². The molecule has 0 saturated carbocycles. The fourth-order valence-electron chi connectivity index (χ4n) is 2.07. The number of imide groups is 2. The summed E-state index contributed by atoms with van der Waals surface area (Å²) in [6, 6.07) is 2.75. The quantitative estimate of drug-likeness (QED) is 0.458. The first kappa shape index (κ1) is 20.9. The largest absolute Gasteiger partial charge is 0.327 e. The molecule has 4 N–H and O–H groups in total. The molecular weight excluding hydrogens is 434 g/mol. The third kappa shape index (κ3) is 5.15. The SMILES string of the molecule is Cc1nnsc1C(=O)NC(=O)Nc1cccc(NC(=O)NC(=O)c2snnc2C)n1. The molecule has 3 aromatic heterocycles. The Balaban J connectivity index is 1.56. The lowest BCUT2D eigenvalue weighted by Crippen LogP contribution is -2.35. The molecule has 0 saturated heterocycles. The summed E-state index contributed by atoms with van der Waals surface area (Å²) in [5.41, 5.74) is 0.805. The molecule has 0 atom stereocenters. The van der Waals surface area contributed by atoms with Gasteiger partial charge in [0.25, 0.3) is 11.8 Å². The molecule has 13 nitrogen and oxygen atoms in total. The minimum atomic E-state index is -0.828. The molecule has 0 aromatic carbocycles. The molecule has 0 aliphatic heterocycles. The molecule has 0 aliphatic carbocycles. The Kier molecular flexibility index (Phi) is 6.33. The summed E-state index contributed by atoms with van der Waals surface area (Å²) < 4.78 is 7.25. The minimum absolute atomic E-state index is 0.0612. The van der Waals surface area contributed by atoms with Gasteiger partial charge in [-0.2, -0.15) is 0 Å². The van der Waals surface area contributed by atoms with Crippen LogP contribution in [0.1, 0.15) is 30.7 Å². The summed E-state index contributed by atoms with van der Waals surface area (Å²) in [6.45, 7) is 3.19. The van der Waals surface area contributed by atoms with Gasteiger partial charge in [0, 0.05) is 0 Å². The van der Waals surface area contributed by atoms with Crippen LogP contribution in [0.4, 0.5) is 21.2 Å². The minimum Gasteiger partial charge on any atom is -0.292 e.